The molecule has 0 amide bonds. The molecule has 7 nitrogen and oxygen atoms in total. The van der Waals surface area contributed by atoms with Gasteiger partial charge in [0.2, 0.25) is 0 Å². The SMILES string of the molecule is CC.CC/C=C\C=C/CONN1CCC(N(C)CCN2CCOCC2)C1.Cc1ccc(C#N)cc1. The highest BCUT2D eigenvalue weighted by Crippen LogP contribution is 2.12. The van der Waals surface area contributed by atoms with Gasteiger partial charge in [0, 0.05) is 45.3 Å². The van der Waals surface area contributed by atoms with Gasteiger partial charge >= 0.3 is 0 Å². The fourth-order valence-electron chi connectivity index (χ4n) is 3.64. The Morgan fingerprint density at radius 1 is 1.14 bits per heavy atom. The number of nitrogens with one attached hydrogen (secondary N) is 1. The summed E-state index contributed by atoms with van der Waals surface area (Å²) in [6.07, 6.45) is 10.5. The molecule has 2 aliphatic rings. The molecule has 1 aromatic carbocycles. The zero-order valence-corrected chi connectivity index (χ0v) is 22.6. The molecular formula is C28H47N5O2. The average Bonchev–Trinajstić information content (AvgIpc) is 3.38. The van der Waals surface area contributed by atoms with E-state index >= 15 is 0 Å². The molecule has 0 aromatic heterocycles. The number of morpholine rings is 1. The van der Waals surface area contributed by atoms with Crippen LogP contribution in [0.4, 0.5) is 0 Å². The summed E-state index contributed by atoms with van der Waals surface area (Å²) in [5.41, 5.74) is 4.98. The summed E-state index contributed by atoms with van der Waals surface area (Å²) < 4.78 is 5.40. The molecule has 0 spiro atoms. The minimum atomic E-state index is 0.585. The lowest BCUT2D eigenvalue weighted by molar-refractivity contribution is -0.0631. The molecule has 7 heteroatoms. The van der Waals surface area contributed by atoms with E-state index in [-0.39, 0.29) is 0 Å². The van der Waals surface area contributed by atoms with E-state index in [0.29, 0.717) is 12.6 Å². The molecule has 1 atom stereocenters. The van der Waals surface area contributed by atoms with Gasteiger partial charge in [-0.2, -0.15) is 5.26 Å². The second-order valence-corrected chi connectivity index (χ2v) is 8.47. The largest absolute Gasteiger partial charge is 0.379 e. The van der Waals surface area contributed by atoms with Crippen molar-refractivity contribution < 1.29 is 9.57 Å². The summed E-state index contributed by atoms with van der Waals surface area (Å²) in [7, 11) is 2.23. The van der Waals surface area contributed by atoms with Crippen LogP contribution in [0.2, 0.25) is 0 Å². The second kappa shape index (κ2) is 20.2. The first kappa shape index (κ1) is 31.0. The maximum atomic E-state index is 8.38. The molecule has 0 radical (unpaired) electrons. The van der Waals surface area contributed by atoms with E-state index in [1.807, 2.05) is 57.2 Å². The van der Waals surface area contributed by atoms with Gasteiger partial charge in [-0.3, -0.25) is 9.74 Å². The quantitative estimate of drug-likeness (QED) is 0.303. The smallest absolute Gasteiger partial charge is 0.0991 e. The van der Waals surface area contributed by atoms with E-state index in [0.717, 1.165) is 64.5 Å². The Balaban J connectivity index is 0.000000464. The summed E-state index contributed by atoms with van der Waals surface area (Å²) >= 11 is 0. The van der Waals surface area contributed by atoms with Crippen LogP contribution in [0.15, 0.2) is 48.6 Å². The van der Waals surface area contributed by atoms with Gasteiger partial charge in [-0.1, -0.05) is 62.8 Å². The lowest BCUT2D eigenvalue weighted by atomic mass is 10.2. The number of benzene rings is 1. The number of hydrogen-bond donors (Lipinski definition) is 1. The van der Waals surface area contributed by atoms with Gasteiger partial charge in [-0.15, -0.1) is 5.59 Å². The van der Waals surface area contributed by atoms with Crippen molar-refractivity contribution in [2.24, 2.45) is 0 Å². The Labute approximate surface area is 213 Å². The third kappa shape index (κ3) is 14.2. The van der Waals surface area contributed by atoms with Gasteiger partial charge in [0.15, 0.2) is 0 Å². The number of hydrogen-bond acceptors (Lipinski definition) is 7. The third-order valence-electron chi connectivity index (χ3n) is 5.83. The zero-order chi connectivity index (χ0) is 25.7. The van der Waals surface area contributed by atoms with Crippen LogP contribution < -0.4 is 5.59 Å². The number of rotatable bonds is 10. The van der Waals surface area contributed by atoms with Crippen LogP contribution in [0.3, 0.4) is 0 Å². The Kier molecular flexibility index (Phi) is 17.9. The van der Waals surface area contributed by atoms with Crippen molar-refractivity contribution in [2.45, 2.75) is 46.6 Å². The van der Waals surface area contributed by atoms with E-state index in [2.05, 4.69) is 52.6 Å². The minimum absolute atomic E-state index is 0.585. The molecule has 35 heavy (non-hydrogen) atoms. The maximum absolute atomic E-state index is 8.38. The minimum Gasteiger partial charge on any atom is -0.379 e. The first-order valence-electron chi connectivity index (χ1n) is 13.0. The van der Waals surface area contributed by atoms with Gasteiger partial charge in [0.25, 0.3) is 0 Å². The highest BCUT2D eigenvalue weighted by Gasteiger charge is 2.26. The van der Waals surface area contributed by atoms with Gasteiger partial charge in [-0.25, -0.2) is 5.01 Å². The number of ether oxygens (including phenoxy) is 1. The van der Waals surface area contributed by atoms with E-state index in [4.69, 9.17) is 14.8 Å². The maximum Gasteiger partial charge on any atom is 0.0991 e. The highest BCUT2D eigenvalue weighted by atomic mass is 16.7. The normalized spacial score (nSPS) is 18.8. The van der Waals surface area contributed by atoms with Crippen molar-refractivity contribution in [3.63, 3.8) is 0 Å². The van der Waals surface area contributed by atoms with Crippen LogP contribution >= 0.6 is 0 Å². The lowest BCUT2D eigenvalue weighted by Gasteiger charge is -2.30. The van der Waals surface area contributed by atoms with Crippen molar-refractivity contribution in [3.05, 3.63) is 59.7 Å². The molecule has 1 N–H and O–H groups in total. The van der Waals surface area contributed by atoms with Gasteiger partial charge in [-0.05, 0) is 38.9 Å². The van der Waals surface area contributed by atoms with Gasteiger partial charge in [0.05, 0.1) is 31.5 Å². The second-order valence-electron chi connectivity index (χ2n) is 8.47. The molecule has 196 valence electrons. The van der Waals surface area contributed by atoms with Gasteiger partial charge in [0.1, 0.15) is 0 Å². The number of nitrogens with zero attached hydrogens (tertiary/aromatic N) is 4. The fourth-order valence-corrected chi connectivity index (χ4v) is 3.64. The van der Waals surface area contributed by atoms with E-state index < -0.39 is 0 Å². The molecule has 1 unspecified atom stereocenters. The molecule has 2 heterocycles. The Morgan fingerprint density at radius 2 is 1.83 bits per heavy atom. The molecular weight excluding hydrogens is 438 g/mol. The van der Waals surface area contributed by atoms with Crippen molar-refractivity contribution in [2.75, 3.05) is 66.1 Å². The summed E-state index contributed by atoms with van der Waals surface area (Å²) in [5, 5.41) is 10.6. The number of likely N-dealkylation sites (N-methyl/N-ethyl adjacent to an activating group) is 1. The van der Waals surface area contributed by atoms with E-state index in [1.165, 1.54) is 12.0 Å². The Hall–Kier alpha value is -2.05. The standard InChI is InChI=1S/C18H34N4O2.C8H7N.C2H6/c1-3-4-5-6-7-14-24-19-22-9-8-18(17-22)20(2)10-11-21-12-15-23-16-13-21;1-7-2-4-8(6-9)5-3-7;1-2/h4-7,18-19H,3,8-17H2,1-2H3;2-5H,1H3;1-2H3/b5-4-,7-6-;;. The summed E-state index contributed by atoms with van der Waals surface area (Å²) in [6, 6.07) is 10.1. The van der Waals surface area contributed by atoms with E-state index in [1.54, 1.807) is 0 Å². The molecule has 0 bridgehead atoms. The summed E-state index contributed by atoms with van der Waals surface area (Å²) in [4.78, 5) is 10.5. The van der Waals surface area contributed by atoms with Crippen molar-refractivity contribution in [1.82, 2.24) is 20.4 Å². The summed E-state index contributed by atoms with van der Waals surface area (Å²) in [6.45, 7) is 16.9. The number of nitriles is 1. The number of hydrazine groups is 1. The Bertz CT molecular complexity index is 739. The highest BCUT2D eigenvalue weighted by molar-refractivity contribution is 5.30. The average molecular weight is 486 g/mol. The first-order valence-corrected chi connectivity index (χ1v) is 13.0. The van der Waals surface area contributed by atoms with Crippen LogP contribution in [-0.4, -0.2) is 87.0 Å². The van der Waals surface area contributed by atoms with Crippen LogP contribution in [0, 0.1) is 18.3 Å². The first-order chi connectivity index (χ1) is 17.1. The lowest BCUT2D eigenvalue weighted by Crippen LogP contribution is -2.44. The van der Waals surface area contributed by atoms with Crippen LogP contribution in [-0.2, 0) is 9.57 Å². The summed E-state index contributed by atoms with van der Waals surface area (Å²) in [5.74, 6) is 0. The molecule has 2 saturated heterocycles. The molecule has 0 aliphatic carbocycles. The van der Waals surface area contributed by atoms with Crippen molar-refractivity contribution >= 4 is 0 Å². The molecule has 2 fully saturated rings. The molecule has 1 aromatic rings. The predicted molar refractivity (Wildman–Crippen MR) is 145 cm³/mol. The molecule has 3 rings (SSSR count). The third-order valence-corrected chi connectivity index (χ3v) is 5.83. The van der Waals surface area contributed by atoms with E-state index in [9.17, 15) is 0 Å². The monoisotopic (exact) mass is 485 g/mol. The molecule has 2 aliphatic heterocycles. The van der Waals surface area contributed by atoms with Crippen molar-refractivity contribution in [1.29, 1.82) is 5.26 Å². The molecule has 0 saturated carbocycles. The van der Waals surface area contributed by atoms with Crippen LogP contribution in [0.25, 0.3) is 0 Å². The zero-order valence-electron chi connectivity index (χ0n) is 22.6. The van der Waals surface area contributed by atoms with Crippen molar-refractivity contribution in [3.8, 4) is 6.07 Å². The Morgan fingerprint density at radius 3 is 2.49 bits per heavy atom. The number of aryl methyl sites for hydroxylation is 1. The fraction of sp³-hybridized carbons (Fsp3) is 0.607. The van der Waals surface area contributed by atoms with Gasteiger partial charge < -0.3 is 9.64 Å². The van der Waals surface area contributed by atoms with Crippen LogP contribution in [0.1, 0.15) is 44.7 Å². The predicted octanol–water partition coefficient (Wildman–Crippen LogP) is 4.18. The number of allylic oxidation sites excluding steroid dienone is 3. The van der Waals surface area contributed by atoms with Crippen LogP contribution in [0.5, 0.6) is 0 Å². The topological polar surface area (TPSA) is 64.0 Å².